The fraction of sp³-hybridized carbons (Fsp3) is 0.333. The number of aryl methyl sites for hydroxylation is 1. The molecule has 0 radical (unpaired) electrons. The highest BCUT2D eigenvalue weighted by atomic mass is 127. The fourth-order valence-corrected chi connectivity index (χ4v) is 2.43. The summed E-state index contributed by atoms with van der Waals surface area (Å²) >= 11 is 3.47. The molecule has 0 aliphatic carbocycles. The van der Waals surface area contributed by atoms with Crippen molar-refractivity contribution in [3.63, 3.8) is 0 Å². The first-order valence-corrected chi connectivity index (χ1v) is 7.63. The summed E-state index contributed by atoms with van der Waals surface area (Å²) in [5, 5.41) is 3.02. The van der Waals surface area contributed by atoms with Gasteiger partial charge in [0.25, 0.3) is 0 Å². The van der Waals surface area contributed by atoms with Crippen LogP contribution in [0.1, 0.15) is 19.7 Å². The Hall–Kier alpha value is -1.09. The molecule has 0 bridgehead atoms. The highest BCUT2D eigenvalue weighted by Gasteiger charge is 2.09. The molecule has 0 saturated heterocycles. The zero-order chi connectivity index (χ0) is 15.4. The van der Waals surface area contributed by atoms with Gasteiger partial charge in [0, 0.05) is 17.6 Å². The Kier molecular flexibility index (Phi) is 7.34. The number of benzene rings is 1. The minimum Gasteiger partial charge on any atom is -0.370 e. The summed E-state index contributed by atoms with van der Waals surface area (Å²) in [7, 11) is 0. The molecule has 0 aliphatic heterocycles. The molecule has 3 N–H and O–H groups in total. The lowest BCUT2D eigenvalue weighted by molar-refractivity contribution is 0.716. The first-order chi connectivity index (χ1) is 10.0. The summed E-state index contributed by atoms with van der Waals surface area (Å²) in [6.45, 7) is 9.79. The lowest BCUT2D eigenvalue weighted by Crippen LogP contribution is -2.32. The van der Waals surface area contributed by atoms with E-state index in [2.05, 4.69) is 55.4 Å². The number of nitrogens with zero attached hydrogens (tertiary/aromatic N) is 3. The highest BCUT2D eigenvalue weighted by molar-refractivity contribution is 14.0. The zero-order valence-electron chi connectivity index (χ0n) is 12.8. The molecule has 5 nitrogen and oxygen atoms in total. The van der Waals surface area contributed by atoms with Gasteiger partial charge in [-0.1, -0.05) is 28.1 Å². The van der Waals surface area contributed by atoms with Crippen LogP contribution in [0.25, 0.3) is 11.0 Å². The number of halogens is 2. The number of imidazole rings is 1. The molecule has 0 fully saturated rings. The van der Waals surface area contributed by atoms with Gasteiger partial charge in [-0.2, -0.15) is 0 Å². The second-order valence-corrected chi connectivity index (χ2v) is 5.83. The largest absolute Gasteiger partial charge is 0.370 e. The van der Waals surface area contributed by atoms with Crippen molar-refractivity contribution >= 4 is 56.9 Å². The standard InChI is InChI=1S/C15H20BrN5.HI/c1-4-21-13-6-5-11(16)7-12(13)20-14(21)9-19-15(17)18-8-10(2)3;/h5-7H,2,4,8-9H2,1,3H3,(H3,17,18,19);1H. The molecule has 120 valence electrons. The number of nitrogens with two attached hydrogens (primary N) is 1. The van der Waals surface area contributed by atoms with E-state index in [1.165, 1.54) is 0 Å². The molecule has 0 atom stereocenters. The van der Waals surface area contributed by atoms with Gasteiger partial charge in [0.15, 0.2) is 5.96 Å². The van der Waals surface area contributed by atoms with Crippen LogP contribution in [-0.2, 0) is 13.1 Å². The van der Waals surface area contributed by atoms with Gasteiger partial charge in [-0.05, 0) is 32.0 Å². The molecule has 1 heterocycles. The Morgan fingerprint density at radius 3 is 2.86 bits per heavy atom. The quantitative estimate of drug-likeness (QED) is 0.300. The smallest absolute Gasteiger partial charge is 0.189 e. The Morgan fingerprint density at radius 1 is 1.50 bits per heavy atom. The zero-order valence-corrected chi connectivity index (χ0v) is 16.7. The first-order valence-electron chi connectivity index (χ1n) is 6.84. The van der Waals surface area contributed by atoms with Crippen molar-refractivity contribution in [1.29, 1.82) is 0 Å². The maximum absolute atomic E-state index is 5.83. The van der Waals surface area contributed by atoms with Gasteiger partial charge in [0.05, 0.1) is 11.0 Å². The predicted octanol–water partition coefficient (Wildman–Crippen LogP) is 3.42. The van der Waals surface area contributed by atoms with E-state index in [9.17, 15) is 0 Å². The SMILES string of the molecule is C=C(C)CNC(N)=NCc1nc2cc(Br)ccc2n1CC.I. The molecule has 0 unspecified atom stereocenters. The van der Waals surface area contributed by atoms with E-state index in [-0.39, 0.29) is 24.0 Å². The van der Waals surface area contributed by atoms with Crippen LogP contribution in [0.4, 0.5) is 0 Å². The Labute approximate surface area is 156 Å². The normalized spacial score (nSPS) is 11.3. The van der Waals surface area contributed by atoms with Crippen LogP contribution in [0.2, 0.25) is 0 Å². The Bertz CT molecular complexity index is 693. The lowest BCUT2D eigenvalue weighted by atomic mass is 10.3. The number of guanidine groups is 1. The van der Waals surface area contributed by atoms with E-state index < -0.39 is 0 Å². The average molecular weight is 478 g/mol. The van der Waals surface area contributed by atoms with Crippen molar-refractivity contribution in [2.24, 2.45) is 10.7 Å². The van der Waals surface area contributed by atoms with Crippen LogP contribution in [0.3, 0.4) is 0 Å². The molecule has 7 heteroatoms. The second kappa shape index (κ2) is 8.52. The minimum atomic E-state index is 0. The molecular formula is C15H21BrIN5. The second-order valence-electron chi connectivity index (χ2n) is 4.92. The summed E-state index contributed by atoms with van der Waals surface area (Å²) < 4.78 is 3.17. The van der Waals surface area contributed by atoms with Gasteiger partial charge in [0.2, 0.25) is 0 Å². The number of aromatic nitrogens is 2. The van der Waals surface area contributed by atoms with Crippen LogP contribution >= 0.6 is 39.9 Å². The van der Waals surface area contributed by atoms with Crippen molar-refractivity contribution in [2.45, 2.75) is 26.9 Å². The summed E-state index contributed by atoms with van der Waals surface area (Å²) in [6, 6.07) is 6.09. The third kappa shape index (κ3) is 4.70. The highest BCUT2D eigenvalue weighted by Crippen LogP contribution is 2.21. The molecule has 0 spiro atoms. The van der Waals surface area contributed by atoms with Gasteiger partial charge in [-0.25, -0.2) is 9.98 Å². The van der Waals surface area contributed by atoms with Crippen LogP contribution in [0.15, 0.2) is 39.8 Å². The summed E-state index contributed by atoms with van der Waals surface area (Å²) in [5.41, 5.74) is 8.92. The Morgan fingerprint density at radius 2 is 2.23 bits per heavy atom. The maximum atomic E-state index is 5.83. The van der Waals surface area contributed by atoms with Crippen LogP contribution in [-0.4, -0.2) is 22.1 Å². The lowest BCUT2D eigenvalue weighted by Gasteiger charge is -2.06. The molecule has 1 aromatic carbocycles. The Balaban J connectivity index is 0.00000242. The topological polar surface area (TPSA) is 68.2 Å². The number of hydrogen-bond donors (Lipinski definition) is 2. The fourth-order valence-electron chi connectivity index (χ4n) is 2.08. The van der Waals surface area contributed by atoms with Gasteiger partial charge >= 0.3 is 0 Å². The van der Waals surface area contributed by atoms with Crippen LogP contribution < -0.4 is 11.1 Å². The average Bonchev–Trinajstić information content (AvgIpc) is 2.79. The van der Waals surface area contributed by atoms with Crippen molar-refractivity contribution < 1.29 is 0 Å². The van der Waals surface area contributed by atoms with Gasteiger partial charge in [-0.3, -0.25) is 0 Å². The summed E-state index contributed by atoms with van der Waals surface area (Å²) in [6.07, 6.45) is 0. The number of fused-ring (bicyclic) bond motifs is 1. The van der Waals surface area contributed by atoms with Crippen molar-refractivity contribution in [2.75, 3.05) is 6.54 Å². The molecule has 1 aromatic heterocycles. The summed E-state index contributed by atoms with van der Waals surface area (Å²) in [4.78, 5) is 8.98. The van der Waals surface area contributed by atoms with Crippen LogP contribution in [0, 0.1) is 0 Å². The summed E-state index contributed by atoms with van der Waals surface area (Å²) in [5.74, 6) is 1.32. The van der Waals surface area contributed by atoms with E-state index >= 15 is 0 Å². The van der Waals surface area contributed by atoms with E-state index in [0.29, 0.717) is 19.0 Å². The number of nitrogens with one attached hydrogen (secondary N) is 1. The van der Waals surface area contributed by atoms with Gasteiger partial charge in [0.1, 0.15) is 12.4 Å². The van der Waals surface area contributed by atoms with E-state index in [4.69, 9.17) is 5.73 Å². The molecule has 0 saturated carbocycles. The van der Waals surface area contributed by atoms with Gasteiger partial charge < -0.3 is 15.6 Å². The van der Waals surface area contributed by atoms with E-state index in [0.717, 1.165) is 33.4 Å². The molecule has 2 aromatic rings. The monoisotopic (exact) mass is 477 g/mol. The van der Waals surface area contributed by atoms with E-state index in [1.54, 1.807) is 0 Å². The van der Waals surface area contributed by atoms with Crippen molar-refractivity contribution in [1.82, 2.24) is 14.9 Å². The molecule has 0 aliphatic rings. The molecular weight excluding hydrogens is 457 g/mol. The molecule has 2 rings (SSSR count). The van der Waals surface area contributed by atoms with Crippen molar-refractivity contribution in [3.8, 4) is 0 Å². The minimum absolute atomic E-state index is 0. The van der Waals surface area contributed by atoms with Crippen LogP contribution in [0.5, 0.6) is 0 Å². The van der Waals surface area contributed by atoms with Gasteiger partial charge in [-0.15, -0.1) is 24.0 Å². The maximum Gasteiger partial charge on any atom is 0.189 e. The number of aliphatic imine (C=N–C) groups is 1. The molecule has 22 heavy (non-hydrogen) atoms. The van der Waals surface area contributed by atoms with E-state index in [1.807, 2.05) is 19.1 Å². The molecule has 0 amide bonds. The number of rotatable bonds is 5. The third-order valence-corrected chi connectivity index (χ3v) is 3.56. The number of hydrogen-bond acceptors (Lipinski definition) is 2. The van der Waals surface area contributed by atoms with Crippen molar-refractivity contribution in [3.05, 3.63) is 40.6 Å². The third-order valence-electron chi connectivity index (χ3n) is 3.07. The predicted molar refractivity (Wildman–Crippen MR) is 107 cm³/mol. The first kappa shape index (κ1) is 19.0.